The Morgan fingerprint density at radius 3 is 2.70 bits per heavy atom. The van der Waals surface area contributed by atoms with Crippen LogP contribution in [0, 0.1) is 0 Å². The largest absolute Gasteiger partial charge is 0.377 e. The van der Waals surface area contributed by atoms with Crippen LogP contribution in [0.1, 0.15) is 5.56 Å². The number of nitrogens with zero attached hydrogens (tertiary/aromatic N) is 6. The van der Waals surface area contributed by atoms with Crippen molar-refractivity contribution in [3.8, 4) is 17.1 Å². The molecule has 37 heavy (non-hydrogen) atoms. The number of morpholine rings is 1. The van der Waals surface area contributed by atoms with Crippen molar-refractivity contribution < 1.29 is 17.9 Å². The van der Waals surface area contributed by atoms with Gasteiger partial charge in [-0.15, -0.1) is 0 Å². The second-order valence-electron chi connectivity index (χ2n) is 9.03. The van der Waals surface area contributed by atoms with Crippen LogP contribution in [-0.2, 0) is 25.9 Å². The molecule has 10 nitrogen and oxygen atoms in total. The van der Waals surface area contributed by atoms with Gasteiger partial charge >= 0.3 is 0 Å². The fourth-order valence-corrected chi connectivity index (χ4v) is 5.29. The van der Waals surface area contributed by atoms with Gasteiger partial charge in [-0.2, -0.15) is 5.10 Å². The number of anilines is 2. The average molecular weight is 517 g/mol. The minimum Gasteiger partial charge on any atom is -0.377 e. The van der Waals surface area contributed by atoms with E-state index in [9.17, 15) is 13.2 Å². The van der Waals surface area contributed by atoms with Crippen LogP contribution in [0.2, 0.25) is 0 Å². The zero-order valence-electron chi connectivity index (χ0n) is 20.1. The maximum atomic E-state index is 13.5. The summed E-state index contributed by atoms with van der Waals surface area (Å²) in [6.45, 7) is 1.59. The first kappa shape index (κ1) is 23.3. The number of benzene rings is 2. The summed E-state index contributed by atoms with van der Waals surface area (Å²) >= 11 is 0. The third kappa shape index (κ3) is 4.36. The fourth-order valence-electron chi connectivity index (χ4n) is 4.66. The Morgan fingerprint density at radius 1 is 1.11 bits per heavy atom. The summed E-state index contributed by atoms with van der Waals surface area (Å²) in [4.78, 5) is 27.0. The molecule has 6 rings (SSSR count). The van der Waals surface area contributed by atoms with Gasteiger partial charge in [-0.3, -0.25) is 4.79 Å². The summed E-state index contributed by atoms with van der Waals surface area (Å²) in [6.07, 6.45) is 6.45. The Kier molecular flexibility index (Phi) is 5.73. The normalized spacial score (nSPS) is 17.4. The SMILES string of the molecule is CS(=O)(=O)c1ccc(CN2C(=O)C3COCCN3c3nc(-c4cccc(-n5cccn5)c4)ncc32)cc1. The molecule has 2 aromatic carbocycles. The number of carbonyl (C=O) groups excluding carboxylic acids is 1. The highest BCUT2D eigenvalue weighted by molar-refractivity contribution is 7.90. The molecule has 1 fully saturated rings. The third-order valence-electron chi connectivity index (χ3n) is 6.56. The van der Waals surface area contributed by atoms with Crippen molar-refractivity contribution in [2.75, 3.05) is 35.8 Å². The number of ether oxygens (including phenoxy) is 1. The van der Waals surface area contributed by atoms with Gasteiger partial charge in [-0.25, -0.2) is 23.1 Å². The van der Waals surface area contributed by atoms with E-state index in [0.717, 1.165) is 16.8 Å². The van der Waals surface area contributed by atoms with Gasteiger partial charge in [0, 0.05) is 30.8 Å². The summed E-state index contributed by atoms with van der Waals surface area (Å²) in [5.74, 6) is 1.12. The number of rotatable bonds is 5. The minimum atomic E-state index is -3.31. The van der Waals surface area contributed by atoms with Crippen LogP contribution < -0.4 is 9.80 Å². The van der Waals surface area contributed by atoms with Crippen molar-refractivity contribution >= 4 is 27.2 Å². The summed E-state index contributed by atoms with van der Waals surface area (Å²) in [5, 5.41) is 4.30. The van der Waals surface area contributed by atoms with Crippen molar-refractivity contribution in [2.24, 2.45) is 0 Å². The minimum absolute atomic E-state index is 0.101. The van der Waals surface area contributed by atoms with Gasteiger partial charge in [0.2, 0.25) is 0 Å². The molecule has 1 amide bonds. The molecule has 2 aliphatic heterocycles. The van der Waals surface area contributed by atoms with Gasteiger partial charge < -0.3 is 14.5 Å². The number of fused-ring (bicyclic) bond motifs is 3. The molecule has 0 radical (unpaired) electrons. The van der Waals surface area contributed by atoms with E-state index in [2.05, 4.69) is 10.1 Å². The van der Waals surface area contributed by atoms with E-state index in [-0.39, 0.29) is 24.0 Å². The number of aromatic nitrogens is 4. The average Bonchev–Trinajstić information content (AvgIpc) is 3.46. The molecule has 1 saturated heterocycles. The lowest BCUT2D eigenvalue weighted by molar-refractivity contribution is -0.122. The van der Waals surface area contributed by atoms with E-state index < -0.39 is 15.9 Å². The molecule has 1 unspecified atom stereocenters. The van der Waals surface area contributed by atoms with Crippen molar-refractivity contribution in [3.63, 3.8) is 0 Å². The van der Waals surface area contributed by atoms with Gasteiger partial charge in [0.1, 0.15) is 11.7 Å². The van der Waals surface area contributed by atoms with E-state index in [1.807, 2.05) is 41.4 Å². The van der Waals surface area contributed by atoms with Gasteiger partial charge in [-0.05, 0) is 35.9 Å². The molecule has 0 spiro atoms. The molecule has 4 aromatic rings. The summed E-state index contributed by atoms with van der Waals surface area (Å²) in [5.41, 5.74) is 3.14. The second-order valence-corrected chi connectivity index (χ2v) is 11.0. The number of hydrogen-bond acceptors (Lipinski definition) is 8. The number of hydrogen-bond donors (Lipinski definition) is 0. The van der Waals surface area contributed by atoms with E-state index in [1.54, 1.807) is 46.2 Å². The predicted molar refractivity (Wildman–Crippen MR) is 137 cm³/mol. The molecular formula is C26H24N6O4S. The van der Waals surface area contributed by atoms with E-state index >= 15 is 0 Å². The number of carbonyl (C=O) groups is 1. The highest BCUT2D eigenvalue weighted by Crippen LogP contribution is 2.37. The first-order valence-corrected chi connectivity index (χ1v) is 13.7. The molecule has 0 aliphatic carbocycles. The Labute approximate surface area is 214 Å². The standard InChI is InChI=1S/C26H24N6O4S/c1-37(34,35)21-8-6-18(7-9-21)16-31-22-15-27-24(19-4-2-5-20(14-19)32-11-3-10-28-32)29-25(22)30-12-13-36-17-23(30)26(31)33/h2-11,14-15,23H,12-13,16-17H2,1H3. The topological polar surface area (TPSA) is 111 Å². The first-order chi connectivity index (χ1) is 17.9. The molecule has 0 bridgehead atoms. The highest BCUT2D eigenvalue weighted by atomic mass is 32.2. The maximum absolute atomic E-state index is 13.5. The van der Waals surface area contributed by atoms with Crippen molar-refractivity contribution in [1.29, 1.82) is 0 Å². The zero-order valence-corrected chi connectivity index (χ0v) is 20.9. The van der Waals surface area contributed by atoms with E-state index in [1.165, 1.54) is 6.26 Å². The van der Waals surface area contributed by atoms with Crippen molar-refractivity contribution in [1.82, 2.24) is 19.7 Å². The van der Waals surface area contributed by atoms with Crippen LogP contribution >= 0.6 is 0 Å². The lowest BCUT2D eigenvalue weighted by Gasteiger charge is -2.43. The molecule has 2 aliphatic rings. The zero-order chi connectivity index (χ0) is 25.6. The van der Waals surface area contributed by atoms with E-state index in [4.69, 9.17) is 9.72 Å². The Balaban J connectivity index is 1.38. The smallest absolute Gasteiger partial charge is 0.252 e. The van der Waals surface area contributed by atoms with Crippen LogP contribution in [0.4, 0.5) is 11.5 Å². The summed E-state index contributed by atoms with van der Waals surface area (Å²) in [7, 11) is -3.31. The molecule has 11 heteroatoms. The van der Waals surface area contributed by atoms with Crippen LogP contribution in [0.5, 0.6) is 0 Å². The van der Waals surface area contributed by atoms with Crippen LogP contribution in [0.3, 0.4) is 0 Å². The fraction of sp³-hybridized carbons (Fsp3) is 0.231. The quantitative estimate of drug-likeness (QED) is 0.398. The Bertz CT molecular complexity index is 1570. The summed E-state index contributed by atoms with van der Waals surface area (Å²) in [6, 6.07) is 15.7. The van der Waals surface area contributed by atoms with Gasteiger partial charge in [0.05, 0.1) is 36.5 Å². The van der Waals surface area contributed by atoms with Gasteiger partial charge in [-0.1, -0.05) is 24.3 Å². The van der Waals surface area contributed by atoms with Crippen LogP contribution in [-0.4, -0.2) is 66.1 Å². The lowest BCUT2D eigenvalue weighted by atomic mass is 10.1. The van der Waals surface area contributed by atoms with Crippen LogP contribution in [0.25, 0.3) is 17.1 Å². The highest BCUT2D eigenvalue weighted by Gasteiger charge is 2.41. The molecule has 0 N–H and O–H groups in total. The number of amides is 1. The van der Waals surface area contributed by atoms with Gasteiger partial charge in [0.25, 0.3) is 5.91 Å². The van der Waals surface area contributed by atoms with E-state index in [0.29, 0.717) is 30.5 Å². The second kappa shape index (κ2) is 9.09. The first-order valence-electron chi connectivity index (χ1n) is 11.8. The predicted octanol–water partition coefficient (Wildman–Crippen LogP) is 2.48. The lowest BCUT2D eigenvalue weighted by Crippen LogP contribution is -2.58. The molecule has 2 aromatic heterocycles. The molecule has 1 atom stereocenters. The molecular weight excluding hydrogens is 492 g/mol. The van der Waals surface area contributed by atoms with Crippen molar-refractivity contribution in [2.45, 2.75) is 17.5 Å². The van der Waals surface area contributed by atoms with Crippen LogP contribution in [0.15, 0.2) is 78.1 Å². The Hall–Kier alpha value is -4.09. The monoisotopic (exact) mass is 516 g/mol. The molecule has 188 valence electrons. The van der Waals surface area contributed by atoms with Crippen molar-refractivity contribution in [3.05, 3.63) is 78.8 Å². The Morgan fingerprint density at radius 2 is 1.95 bits per heavy atom. The third-order valence-corrected chi connectivity index (χ3v) is 7.69. The van der Waals surface area contributed by atoms with Gasteiger partial charge in [0.15, 0.2) is 21.5 Å². The maximum Gasteiger partial charge on any atom is 0.252 e. The summed E-state index contributed by atoms with van der Waals surface area (Å²) < 4.78 is 31.1. The molecule has 4 heterocycles. The number of sulfone groups is 1. The molecule has 0 saturated carbocycles.